The molecule has 1 aromatic rings. The molecule has 0 radical (unpaired) electrons. The lowest BCUT2D eigenvalue weighted by atomic mass is 10.0. The van der Waals surface area contributed by atoms with Crippen LogP contribution >= 0.6 is 0 Å². The number of aromatic nitrogens is 3. The summed E-state index contributed by atoms with van der Waals surface area (Å²) in [6, 6.07) is 0.284. The molecule has 0 atom stereocenters. The molecule has 0 spiro atoms. The van der Waals surface area contributed by atoms with Gasteiger partial charge in [0, 0.05) is 0 Å². The lowest BCUT2D eigenvalue weighted by Crippen LogP contribution is -2.23. The first-order chi connectivity index (χ1) is 10.3. The lowest BCUT2D eigenvalue weighted by molar-refractivity contribution is 0.358. The van der Waals surface area contributed by atoms with Gasteiger partial charge in [-0.05, 0) is 12.8 Å². The third-order valence-electron chi connectivity index (χ3n) is 4.21. The Morgan fingerprint density at radius 2 is 1.48 bits per heavy atom. The summed E-state index contributed by atoms with van der Waals surface area (Å²) in [5, 5.41) is 4.19. The molecule has 122 valence electrons. The number of hydrogen-bond acceptors (Lipinski definition) is 2. The first-order valence-electron chi connectivity index (χ1n) is 8.91. The molecule has 0 saturated carbocycles. The molecule has 1 rings (SSSR count). The highest BCUT2D eigenvalue weighted by Gasteiger charge is 2.13. The zero-order valence-corrected chi connectivity index (χ0v) is 13.9. The molecule has 1 heterocycles. The van der Waals surface area contributed by atoms with Crippen LogP contribution < -0.4 is 5.69 Å². The summed E-state index contributed by atoms with van der Waals surface area (Å²) in [7, 11) is 0. The Labute approximate surface area is 129 Å². The van der Waals surface area contributed by atoms with Crippen molar-refractivity contribution in [3.8, 4) is 0 Å². The van der Waals surface area contributed by atoms with Gasteiger partial charge in [-0.2, -0.15) is 5.10 Å². The van der Waals surface area contributed by atoms with Crippen LogP contribution in [0.1, 0.15) is 96.9 Å². The SMILES string of the molecule is CCCCCCCC(CCCCCCC)n1nc[nH]c1=O. The van der Waals surface area contributed by atoms with Gasteiger partial charge in [-0.1, -0.05) is 78.1 Å². The summed E-state index contributed by atoms with van der Waals surface area (Å²) < 4.78 is 1.67. The van der Waals surface area contributed by atoms with E-state index in [2.05, 4.69) is 23.9 Å². The Morgan fingerprint density at radius 3 is 1.90 bits per heavy atom. The van der Waals surface area contributed by atoms with Crippen LogP contribution in [0.15, 0.2) is 11.1 Å². The van der Waals surface area contributed by atoms with Crippen molar-refractivity contribution in [1.29, 1.82) is 0 Å². The monoisotopic (exact) mass is 295 g/mol. The van der Waals surface area contributed by atoms with Crippen LogP contribution in [-0.2, 0) is 0 Å². The Balaban J connectivity index is 2.36. The van der Waals surface area contributed by atoms with Crippen molar-refractivity contribution in [3.63, 3.8) is 0 Å². The maximum Gasteiger partial charge on any atom is 0.343 e. The zero-order chi connectivity index (χ0) is 15.3. The summed E-state index contributed by atoms with van der Waals surface area (Å²) in [6.45, 7) is 4.48. The number of aromatic amines is 1. The zero-order valence-electron chi connectivity index (χ0n) is 13.9. The molecule has 0 bridgehead atoms. The topological polar surface area (TPSA) is 50.7 Å². The Bertz CT molecular complexity index is 383. The first kappa shape index (κ1) is 18.0. The lowest BCUT2D eigenvalue weighted by Gasteiger charge is -2.16. The first-order valence-corrected chi connectivity index (χ1v) is 8.91. The van der Waals surface area contributed by atoms with Gasteiger partial charge in [0.15, 0.2) is 0 Å². The summed E-state index contributed by atoms with van der Waals surface area (Å²) in [4.78, 5) is 14.4. The minimum absolute atomic E-state index is 0.0536. The molecule has 4 nitrogen and oxygen atoms in total. The molecule has 0 fully saturated rings. The van der Waals surface area contributed by atoms with Crippen molar-refractivity contribution in [2.45, 2.75) is 96.9 Å². The molecular formula is C17H33N3O. The van der Waals surface area contributed by atoms with Crippen LogP contribution in [0.3, 0.4) is 0 Å². The van der Waals surface area contributed by atoms with Crippen LogP contribution in [0.5, 0.6) is 0 Å². The number of nitrogens with one attached hydrogen (secondary N) is 1. The highest BCUT2D eigenvalue weighted by Crippen LogP contribution is 2.21. The van der Waals surface area contributed by atoms with Gasteiger partial charge in [0.2, 0.25) is 0 Å². The number of rotatable bonds is 13. The maximum atomic E-state index is 11.8. The van der Waals surface area contributed by atoms with E-state index in [1.165, 1.54) is 70.5 Å². The van der Waals surface area contributed by atoms with Crippen LogP contribution in [0.4, 0.5) is 0 Å². The predicted molar refractivity (Wildman–Crippen MR) is 88.6 cm³/mol. The van der Waals surface area contributed by atoms with Gasteiger partial charge in [-0.25, -0.2) is 9.48 Å². The molecule has 0 aliphatic heterocycles. The van der Waals surface area contributed by atoms with Crippen molar-refractivity contribution >= 4 is 0 Å². The largest absolute Gasteiger partial charge is 0.343 e. The Hall–Kier alpha value is -1.06. The quantitative estimate of drug-likeness (QED) is 0.530. The molecular weight excluding hydrogens is 262 g/mol. The molecule has 0 amide bonds. The fraction of sp³-hybridized carbons (Fsp3) is 0.882. The van der Waals surface area contributed by atoms with E-state index < -0.39 is 0 Å². The normalized spacial score (nSPS) is 11.4. The Morgan fingerprint density at radius 1 is 0.952 bits per heavy atom. The van der Waals surface area contributed by atoms with E-state index in [0.29, 0.717) is 0 Å². The minimum atomic E-state index is -0.0536. The smallest absolute Gasteiger partial charge is 0.295 e. The Kier molecular flexibility index (Phi) is 9.92. The van der Waals surface area contributed by atoms with E-state index in [1.54, 1.807) is 4.68 Å². The third kappa shape index (κ3) is 7.49. The van der Waals surface area contributed by atoms with Crippen molar-refractivity contribution in [3.05, 3.63) is 16.8 Å². The van der Waals surface area contributed by atoms with E-state index in [-0.39, 0.29) is 11.7 Å². The van der Waals surface area contributed by atoms with Crippen LogP contribution in [-0.4, -0.2) is 14.8 Å². The fourth-order valence-corrected chi connectivity index (χ4v) is 2.88. The molecule has 1 aromatic heterocycles. The summed E-state index contributed by atoms with van der Waals surface area (Å²) >= 11 is 0. The van der Waals surface area contributed by atoms with Gasteiger partial charge < -0.3 is 0 Å². The third-order valence-corrected chi connectivity index (χ3v) is 4.21. The minimum Gasteiger partial charge on any atom is -0.295 e. The van der Waals surface area contributed by atoms with Gasteiger partial charge in [0.1, 0.15) is 6.33 Å². The number of unbranched alkanes of at least 4 members (excludes halogenated alkanes) is 8. The van der Waals surface area contributed by atoms with Crippen molar-refractivity contribution in [1.82, 2.24) is 14.8 Å². The standard InChI is InChI=1S/C17H33N3O/c1-3-5-7-9-11-13-16(14-12-10-8-6-4-2)20-17(21)18-15-19-20/h15-16H,3-14H2,1-2H3,(H,18,19,21). The van der Waals surface area contributed by atoms with Crippen molar-refractivity contribution in [2.75, 3.05) is 0 Å². The van der Waals surface area contributed by atoms with E-state index >= 15 is 0 Å². The molecule has 0 aliphatic rings. The molecule has 0 unspecified atom stereocenters. The predicted octanol–water partition coefficient (Wildman–Crippen LogP) is 4.83. The van der Waals surface area contributed by atoms with E-state index in [4.69, 9.17) is 0 Å². The second-order valence-electron chi connectivity index (χ2n) is 6.10. The van der Waals surface area contributed by atoms with Crippen LogP contribution in [0, 0.1) is 0 Å². The van der Waals surface area contributed by atoms with Gasteiger partial charge >= 0.3 is 5.69 Å². The molecule has 4 heteroatoms. The van der Waals surface area contributed by atoms with Gasteiger partial charge in [-0.3, -0.25) is 4.98 Å². The van der Waals surface area contributed by atoms with E-state index in [0.717, 1.165) is 12.8 Å². The molecule has 21 heavy (non-hydrogen) atoms. The van der Waals surface area contributed by atoms with Crippen LogP contribution in [0.2, 0.25) is 0 Å². The number of hydrogen-bond donors (Lipinski definition) is 1. The highest BCUT2D eigenvalue weighted by atomic mass is 16.1. The fourth-order valence-electron chi connectivity index (χ4n) is 2.88. The average molecular weight is 295 g/mol. The van der Waals surface area contributed by atoms with E-state index in [9.17, 15) is 4.79 Å². The van der Waals surface area contributed by atoms with Gasteiger partial charge in [-0.15, -0.1) is 0 Å². The second-order valence-corrected chi connectivity index (χ2v) is 6.10. The van der Waals surface area contributed by atoms with Crippen LogP contribution in [0.25, 0.3) is 0 Å². The molecule has 0 aliphatic carbocycles. The molecule has 0 saturated heterocycles. The molecule has 1 N–H and O–H groups in total. The maximum absolute atomic E-state index is 11.8. The summed E-state index contributed by atoms with van der Waals surface area (Å²) in [5.41, 5.74) is -0.0536. The average Bonchev–Trinajstić information content (AvgIpc) is 2.91. The second kappa shape index (κ2) is 11.6. The number of H-pyrrole nitrogens is 1. The van der Waals surface area contributed by atoms with Crippen molar-refractivity contribution < 1.29 is 0 Å². The summed E-state index contributed by atoms with van der Waals surface area (Å²) in [6.07, 6.45) is 16.5. The van der Waals surface area contributed by atoms with E-state index in [1.807, 2.05) is 0 Å². The summed E-state index contributed by atoms with van der Waals surface area (Å²) in [5.74, 6) is 0. The van der Waals surface area contributed by atoms with Gasteiger partial charge in [0.25, 0.3) is 0 Å². The van der Waals surface area contributed by atoms with Crippen molar-refractivity contribution in [2.24, 2.45) is 0 Å². The molecule has 0 aromatic carbocycles. The van der Waals surface area contributed by atoms with Gasteiger partial charge in [0.05, 0.1) is 6.04 Å². The highest BCUT2D eigenvalue weighted by molar-refractivity contribution is 4.71. The number of nitrogens with zero attached hydrogens (tertiary/aromatic N) is 2.